The summed E-state index contributed by atoms with van der Waals surface area (Å²) in [7, 11) is 0. The van der Waals surface area contributed by atoms with Crippen molar-refractivity contribution in [1.82, 2.24) is 9.97 Å². The van der Waals surface area contributed by atoms with Crippen LogP contribution in [0.5, 0.6) is 0 Å². The molecule has 80 valence electrons. The SMILES string of the molecule is Cc1ccc(-c2nc3ccc(Cl)cc3[nH]2)o1. The first kappa shape index (κ1) is 9.48. The smallest absolute Gasteiger partial charge is 0.174 e. The summed E-state index contributed by atoms with van der Waals surface area (Å²) in [4.78, 5) is 7.61. The van der Waals surface area contributed by atoms with E-state index in [9.17, 15) is 0 Å². The van der Waals surface area contributed by atoms with Gasteiger partial charge in [0.15, 0.2) is 11.6 Å². The highest BCUT2D eigenvalue weighted by atomic mass is 35.5. The number of hydrogen-bond acceptors (Lipinski definition) is 2. The Labute approximate surface area is 97.1 Å². The number of hydrogen-bond donors (Lipinski definition) is 1. The lowest BCUT2D eigenvalue weighted by atomic mass is 10.3. The minimum Gasteiger partial charge on any atom is -0.458 e. The molecule has 1 N–H and O–H groups in total. The largest absolute Gasteiger partial charge is 0.458 e. The van der Waals surface area contributed by atoms with Crippen molar-refractivity contribution in [2.24, 2.45) is 0 Å². The Balaban J connectivity index is 2.18. The molecule has 0 bridgehead atoms. The summed E-state index contributed by atoms with van der Waals surface area (Å²) in [6, 6.07) is 9.36. The lowest BCUT2D eigenvalue weighted by Crippen LogP contribution is -1.74. The van der Waals surface area contributed by atoms with Crippen molar-refractivity contribution in [3.8, 4) is 11.6 Å². The van der Waals surface area contributed by atoms with Crippen molar-refractivity contribution in [3.63, 3.8) is 0 Å². The number of nitrogens with zero attached hydrogens (tertiary/aromatic N) is 1. The molecule has 3 aromatic rings. The Hall–Kier alpha value is -1.74. The third kappa shape index (κ3) is 1.49. The summed E-state index contributed by atoms with van der Waals surface area (Å²) < 4.78 is 5.50. The molecule has 0 aliphatic rings. The Morgan fingerprint density at radius 1 is 1.25 bits per heavy atom. The van der Waals surface area contributed by atoms with Crippen molar-refractivity contribution in [2.45, 2.75) is 6.92 Å². The van der Waals surface area contributed by atoms with Crippen LogP contribution in [0.1, 0.15) is 5.76 Å². The minimum absolute atomic E-state index is 0.693. The first-order valence-corrected chi connectivity index (χ1v) is 5.32. The maximum Gasteiger partial charge on any atom is 0.174 e. The molecule has 3 rings (SSSR count). The van der Waals surface area contributed by atoms with Crippen LogP contribution < -0.4 is 0 Å². The van der Waals surface area contributed by atoms with Gasteiger partial charge in [-0.05, 0) is 37.3 Å². The molecule has 2 heterocycles. The summed E-state index contributed by atoms with van der Waals surface area (Å²) >= 11 is 5.91. The van der Waals surface area contributed by atoms with E-state index in [-0.39, 0.29) is 0 Å². The third-order valence-corrected chi connectivity index (χ3v) is 2.65. The van der Waals surface area contributed by atoms with E-state index < -0.39 is 0 Å². The zero-order valence-corrected chi connectivity index (χ0v) is 9.38. The molecule has 0 saturated heterocycles. The van der Waals surface area contributed by atoms with Crippen molar-refractivity contribution >= 4 is 22.6 Å². The highest BCUT2D eigenvalue weighted by Crippen LogP contribution is 2.23. The van der Waals surface area contributed by atoms with Crippen LogP contribution in [0, 0.1) is 6.92 Å². The van der Waals surface area contributed by atoms with Gasteiger partial charge in [-0.2, -0.15) is 0 Å². The average molecular weight is 233 g/mol. The molecule has 0 radical (unpaired) electrons. The second kappa shape index (κ2) is 3.39. The highest BCUT2D eigenvalue weighted by molar-refractivity contribution is 6.31. The molecule has 16 heavy (non-hydrogen) atoms. The summed E-state index contributed by atoms with van der Waals surface area (Å²) in [5, 5.41) is 0.693. The standard InChI is InChI=1S/C12H9ClN2O/c1-7-2-5-11(16-7)12-14-9-4-3-8(13)6-10(9)15-12/h2-6H,1H3,(H,14,15). The monoisotopic (exact) mass is 232 g/mol. The molecule has 0 amide bonds. The predicted molar refractivity (Wildman–Crippen MR) is 63.5 cm³/mol. The van der Waals surface area contributed by atoms with E-state index in [1.165, 1.54) is 0 Å². The summed E-state index contributed by atoms with van der Waals surface area (Å²) in [6.07, 6.45) is 0. The highest BCUT2D eigenvalue weighted by Gasteiger charge is 2.08. The number of aryl methyl sites for hydroxylation is 1. The van der Waals surface area contributed by atoms with Gasteiger partial charge in [0.25, 0.3) is 0 Å². The number of aromatic amines is 1. The Bertz CT molecular complexity index is 654. The van der Waals surface area contributed by atoms with E-state index in [1.807, 2.05) is 37.3 Å². The van der Waals surface area contributed by atoms with Gasteiger partial charge < -0.3 is 9.40 Å². The molecule has 0 spiro atoms. The Morgan fingerprint density at radius 3 is 2.88 bits per heavy atom. The molecule has 1 aromatic carbocycles. The number of fused-ring (bicyclic) bond motifs is 1. The number of rotatable bonds is 1. The van der Waals surface area contributed by atoms with Gasteiger partial charge in [0.1, 0.15) is 5.76 Å². The number of benzene rings is 1. The normalized spacial score (nSPS) is 11.1. The fraction of sp³-hybridized carbons (Fsp3) is 0.0833. The van der Waals surface area contributed by atoms with E-state index in [0.29, 0.717) is 5.02 Å². The average Bonchev–Trinajstić information content (AvgIpc) is 2.83. The molecule has 0 fully saturated rings. The fourth-order valence-corrected chi connectivity index (χ4v) is 1.83. The lowest BCUT2D eigenvalue weighted by molar-refractivity contribution is 0.545. The zero-order chi connectivity index (χ0) is 11.1. The number of imidazole rings is 1. The first-order chi connectivity index (χ1) is 7.72. The number of aromatic nitrogens is 2. The zero-order valence-electron chi connectivity index (χ0n) is 8.62. The van der Waals surface area contributed by atoms with Crippen molar-refractivity contribution in [3.05, 3.63) is 41.1 Å². The second-order valence-electron chi connectivity index (χ2n) is 3.66. The molecule has 3 nitrogen and oxygen atoms in total. The van der Waals surface area contributed by atoms with Crippen LogP contribution in [0.4, 0.5) is 0 Å². The van der Waals surface area contributed by atoms with E-state index in [0.717, 1.165) is 28.4 Å². The molecule has 0 aliphatic heterocycles. The van der Waals surface area contributed by atoms with Crippen LogP contribution in [-0.4, -0.2) is 9.97 Å². The van der Waals surface area contributed by atoms with Gasteiger partial charge >= 0.3 is 0 Å². The Kier molecular flexibility index (Phi) is 2.01. The molecule has 0 aliphatic carbocycles. The molecular weight excluding hydrogens is 224 g/mol. The Morgan fingerprint density at radius 2 is 2.12 bits per heavy atom. The molecule has 4 heteroatoms. The van der Waals surface area contributed by atoms with Gasteiger partial charge in [0.05, 0.1) is 11.0 Å². The number of furan rings is 1. The maximum absolute atomic E-state index is 5.91. The third-order valence-electron chi connectivity index (χ3n) is 2.42. The van der Waals surface area contributed by atoms with Crippen molar-refractivity contribution in [2.75, 3.05) is 0 Å². The van der Waals surface area contributed by atoms with Gasteiger partial charge in [-0.1, -0.05) is 11.6 Å². The maximum atomic E-state index is 5.91. The molecule has 0 atom stereocenters. The van der Waals surface area contributed by atoms with Crippen molar-refractivity contribution < 1.29 is 4.42 Å². The molecule has 0 saturated carbocycles. The van der Waals surface area contributed by atoms with Crippen molar-refractivity contribution in [1.29, 1.82) is 0 Å². The molecule has 2 aromatic heterocycles. The van der Waals surface area contributed by atoms with Crippen LogP contribution >= 0.6 is 11.6 Å². The van der Waals surface area contributed by atoms with Crippen LogP contribution in [0.25, 0.3) is 22.6 Å². The summed E-state index contributed by atoms with van der Waals surface area (Å²) in [5.41, 5.74) is 1.80. The van der Waals surface area contributed by atoms with Crippen LogP contribution in [0.15, 0.2) is 34.7 Å². The number of halogens is 1. The first-order valence-electron chi connectivity index (χ1n) is 4.94. The number of nitrogens with one attached hydrogen (secondary N) is 1. The van der Waals surface area contributed by atoms with E-state index in [2.05, 4.69) is 9.97 Å². The summed E-state index contributed by atoms with van der Waals surface area (Å²) in [6.45, 7) is 1.91. The lowest BCUT2D eigenvalue weighted by Gasteiger charge is -1.88. The van der Waals surface area contributed by atoms with Gasteiger partial charge in [-0.25, -0.2) is 4.98 Å². The topological polar surface area (TPSA) is 41.8 Å². The van der Waals surface area contributed by atoms with E-state index >= 15 is 0 Å². The second-order valence-corrected chi connectivity index (χ2v) is 4.09. The predicted octanol–water partition coefficient (Wildman–Crippen LogP) is 3.78. The van der Waals surface area contributed by atoms with Crippen LogP contribution in [0.2, 0.25) is 5.02 Å². The van der Waals surface area contributed by atoms with Gasteiger partial charge in [0.2, 0.25) is 0 Å². The minimum atomic E-state index is 0.693. The van der Waals surface area contributed by atoms with Gasteiger partial charge in [0, 0.05) is 5.02 Å². The molecule has 0 unspecified atom stereocenters. The van der Waals surface area contributed by atoms with E-state index in [1.54, 1.807) is 0 Å². The fourth-order valence-electron chi connectivity index (χ4n) is 1.66. The number of H-pyrrole nitrogens is 1. The molecular formula is C12H9ClN2O. The van der Waals surface area contributed by atoms with Gasteiger partial charge in [-0.15, -0.1) is 0 Å². The quantitative estimate of drug-likeness (QED) is 0.694. The van der Waals surface area contributed by atoms with E-state index in [4.69, 9.17) is 16.0 Å². The van der Waals surface area contributed by atoms with Gasteiger partial charge in [-0.3, -0.25) is 0 Å². The summed E-state index contributed by atoms with van der Waals surface area (Å²) in [5.74, 6) is 2.34. The van der Waals surface area contributed by atoms with Crippen LogP contribution in [-0.2, 0) is 0 Å². The van der Waals surface area contributed by atoms with Crippen LogP contribution in [0.3, 0.4) is 0 Å².